The van der Waals surface area contributed by atoms with Gasteiger partial charge in [-0.1, -0.05) is 23.2 Å². The zero-order valence-corrected chi connectivity index (χ0v) is 14.0. The van der Waals surface area contributed by atoms with E-state index < -0.39 is 0 Å². The number of nitrogens with zero attached hydrogens (tertiary/aromatic N) is 1. The van der Waals surface area contributed by atoms with Crippen molar-refractivity contribution in [3.8, 4) is 0 Å². The van der Waals surface area contributed by atoms with Crippen LogP contribution in [0.1, 0.15) is 18.9 Å². The molecular weight excluding hydrogens is 338 g/mol. The fourth-order valence-electron chi connectivity index (χ4n) is 2.79. The van der Waals surface area contributed by atoms with E-state index in [4.69, 9.17) is 23.2 Å². The Kier molecular flexibility index (Phi) is 4.46. The van der Waals surface area contributed by atoms with E-state index in [1.54, 1.807) is 29.2 Å². The van der Waals surface area contributed by atoms with Crippen molar-refractivity contribution in [2.45, 2.75) is 25.8 Å². The molecule has 1 heterocycles. The Hall–Kier alpha value is -1.78. The third kappa shape index (κ3) is 3.28. The highest BCUT2D eigenvalue weighted by Gasteiger charge is 2.28. The van der Waals surface area contributed by atoms with Crippen molar-refractivity contribution in [1.82, 2.24) is 0 Å². The number of amides is 2. The molecule has 0 saturated carbocycles. The number of nitrogens with one attached hydrogen (secondary N) is 1. The lowest BCUT2D eigenvalue weighted by Crippen LogP contribution is -2.44. The average Bonchev–Trinajstić information content (AvgIpc) is 2.51. The van der Waals surface area contributed by atoms with Gasteiger partial charge >= 0.3 is 6.03 Å². The molecule has 120 valence electrons. The summed E-state index contributed by atoms with van der Waals surface area (Å²) in [4.78, 5) is 14.3. The Morgan fingerprint density at radius 3 is 2.74 bits per heavy atom. The van der Waals surface area contributed by atoms with Crippen molar-refractivity contribution in [3.63, 3.8) is 0 Å². The molecule has 1 aliphatic rings. The Morgan fingerprint density at radius 2 is 2.00 bits per heavy atom. The maximum Gasteiger partial charge on any atom is 0.326 e. The zero-order valence-electron chi connectivity index (χ0n) is 12.4. The normalized spacial score (nSPS) is 16.9. The number of carbonyl (C=O) groups excluding carboxylic acids is 1. The number of hydrogen-bond acceptors (Lipinski definition) is 1. The summed E-state index contributed by atoms with van der Waals surface area (Å²) >= 11 is 11.9. The molecule has 0 aromatic heterocycles. The van der Waals surface area contributed by atoms with Gasteiger partial charge in [0.05, 0.1) is 10.0 Å². The van der Waals surface area contributed by atoms with E-state index in [1.807, 2.05) is 6.92 Å². The Balaban J connectivity index is 1.88. The largest absolute Gasteiger partial charge is 0.326 e. The molecule has 3 nitrogen and oxygen atoms in total. The van der Waals surface area contributed by atoms with E-state index in [0.29, 0.717) is 15.7 Å². The van der Waals surface area contributed by atoms with Crippen LogP contribution >= 0.6 is 23.2 Å². The fraction of sp³-hybridized carbons (Fsp3) is 0.235. The second-order valence-electron chi connectivity index (χ2n) is 5.59. The molecule has 0 bridgehead atoms. The number of fused-ring (bicyclic) bond motifs is 1. The number of benzene rings is 2. The third-order valence-corrected chi connectivity index (χ3v) is 4.70. The van der Waals surface area contributed by atoms with E-state index in [-0.39, 0.29) is 17.9 Å². The number of carbonyl (C=O) groups is 1. The topological polar surface area (TPSA) is 32.3 Å². The molecule has 0 fully saturated rings. The van der Waals surface area contributed by atoms with Crippen molar-refractivity contribution in [2.75, 3.05) is 10.2 Å². The molecule has 0 radical (unpaired) electrons. The van der Waals surface area contributed by atoms with Gasteiger partial charge in [-0.3, -0.25) is 4.90 Å². The summed E-state index contributed by atoms with van der Waals surface area (Å²) in [7, 11) is 0. The van der Waals surface area contributed by atoms with Gasteiger partial charge in [0.2, 0.25) is 0 Å². The Labute approximate surface area is 144 Å². The van der Waals surface area contributed by atoms with Gasteiger partial charge in [0.1, 0.15) is 5.82 Å². The first-order valence-corrected chi connectivity index (χ1v) is 8.05. The van der Waals surface area contributed by atoms with Crippen molar-refractivity contribution in [2.24, 2.45) is 0 Å². The minimum atomic E-state index is -0.289. The van der Waals surface area contributed by atoms with Gasteiger partial charge in [0, 0.05) is 17.4 Å². The molecule has 1 N–H and O–H groups in total. The molecule has 2 aromatic rings. The summed E-state index contributed by atoms with van der Waals surface area (Å²) in [5, 5.41) is 3.62. The number of aryl methyl sites for hydroxylation is 1. The van der Waals surface area contributed by atoms with Crippen LogP contribution in [-0.4, -0.2) is 12.1 Å². The molecule has 2 aromatic carbocycles. The number of hydrogen-bond donors (Lipinski definition) is 1. The van der Waals surface area contributed by atoms with E-state index in [1.165, 1.54) is 12.1 Å². The van der Waals surface area contributed by atoms with E-state index in [0.717, 1.165) is 24.1 Å². The molecule has 6 heteroatoms. The first-order chi connectivity index (χ1) is 11.0. The minimum absolute atomic E-state index is 0.0238. The lowest BCUT2D eigenvalue weighted by atomic mass is 9.97. The molecule has 2 amide bonds. The fourth-order valence-corrected chi connectivity index (χ4v) is 3.09. The monoisotopic (exact) mass is 352 g/mol. The second-order valence-corrected chi connectivity index (χ2v) is 6.40. The zero-order chi connectivity index (χ0) is 16.6. The Morgan fingerprint density at radius 1 is 1.22 bits per heavy atom. The summed E-state index contributed by atoms with van der Waals surface area (Å²) < 4.78 is 13.4. The summed E-state index contributed by atoms with van der Waals surface area (Å²) in [6.45, 7) is 1.97. The van der Waals surface area contributed by atoms with E-state index in [9.17, 15) is 9.18 Å². The minimum Gasteiger partial charge on any atom is -0.307 e. The van der Waals surface area contributed by atoms with Gasteiger partial charge in [-0.25, -0.2) is 9.18 Å². The summed E-state index contributed by atoms with van der Waals surface area (Å²) in [6.07, 6.45) is 1.54. The molecule has 1 atom stereocenters. The van der Waals surface area contributed by atoms with Crippen LogP contribution in [0.3, 0.4) is 0 Å². The SMILES string of the molecule is C[C@H]1CCc2cc(F)ccc2N1C(=O)Nc1ccc(Cl)c(Cl)c1. The number of halogens is 3. The van der Waals surface area contributed by atoms with E-state index >= 15 is 0 Å². The van der Waals surface area contributed by atoms with Crippen LogP contribution in [0.4, 0.5) is 20.6 Å². The van der Waals surface area contributed by atoms with Crippen LogP contribution in [0.5, 0.6) is 0 Å². The molecule has 23 heavy (non-hydrogen) atoms. The second kappa shape index (κ2) is 6.38. The highest BCUT2D eigenvalue weighted by molar-refractivity contribution is 6.42. The van der Waals surface area contributed by atoms with Crippen LogP contribution in [-0.2, 0) is 6.42 Å². The number of urea groups is 1. The van der Waals surface area contributed by atoms with Gasteiger partial charge < -0.3 is 5.32 Å². The Bertz CT molecular complexity index is 766. The summed E-state index contributed by atoms with van der Waals surface area (Å²) in [6, 6.07) is 9.17. The highest BCUT2D eigenvalue weighted by atomic mass is 35.5. The quantitative estimate of drug-likeness (QED) is 0.721. The van der Waals surface area contributed by atoms with Crippen LogP contribution < -0.4 is 10.2 Å². The van der Waals surface area contributed by atoms with Crippen molar-refractivity contribution < 1.29 is 9.18 Å². The van der Waals surface area contributed by atoms with Crippen molar-refractivity contribution >= 4 is 40.6 Å². The lowest BCUT2D eigenvalue weighted by molar-refractivity contribution is 0.254. The molecule has 3 rings (SSSR count). The highest BCUT2D eigenvalue weighted by Crippen LogP contribution is 2.32. The van der Waals surface area contributed by atoms with Crippen molar-refractivity contribution in [1.29, 1.82) is 0 Å². The molecule has 1 aliphatic heterocycles. The van der Waals surface area contributed by atoms with Crippen LogP contribution in [0.2, 0.25) is 10.0 Å². The molecule has 0 saturated heterocycles. The summed E-state index contributed by atoms with van der Waals surface area (Å²) in [5.74, 6) is -0.289. The number of anilines is 2. The maximum atomic E-state index is 13.4. The molecule has 0 aliphatic carbocycles. The van der Waals surface area contributed by atoms with Crippen LogP contribution in [0.25, 0.3) is 0 Å². The van der Waals surface area contributed by atoms with Gasteiger partial charge in [0.15, 0.2) is 0 Å². The van der Waals surface area contributed by atoms with Gasteiger partial charge in [-0.05, 0) is 61.7 Å². The predicted molar refractivity (Wildman–Crippen MR) is 92.1 cm³/mol. The molecule has 0 unspecified atom stereocenters. The van der Waals surface area contributed by atoms with Gasteiger partial charge in [-0.15, -0.1) is 0 Å². The first-order valence-electron chi connectivity index (χ1n) is 7.29. The van der Waals surface area contributed by atoms with Gasteiger partial charge in [0.25, 0.3) is 0 Å². The third-order valence-electron chi connectivity index (χ3n) is 3.96. The smallest absolute Gasteiger partial charge is 0.307 e. The van der Waals surface area contributed by atoms with Crippen molar-refractivity contribution in [3.05, 3.63) is 57.8 Å². The van der Waals surface area contributed by atoms with Crippen LogP contribution in [0.15, 0.2) is 36.4 Å². The van der Waals surface area contributed by atoms with E-state index in [2.05, 4.69) is 5.32 Å². The first kappa shape index (κ1) is 16.1. The number of rotatable bonds is 1. The van der Waals surface area contributed by atoms with Crippen LogP contribution in [0, 0.1) is 5.82 Å². The molecular formula is C17H15Cl2FN2O. The standard InChI is InChI=1S/C17H15Cl2FN2O/c1-10-2-3-11-8-12(20)4-7-16(11)22(10)17(23)21-13-5-6-14(18)15(19)9-13/h4-10H,2-3H2,1H3,(H,21,23)/t10-/m0/s1. The predicted octanol–water partition coefficient (Wildman–Crippen LogP) is 5.51. The maximum absolute atomic E-state index is 13.4. The lowest BCUT2D eigenvalue weighted by Gasteiger charge is -2.35. The molecule has 0 spiro atoms. The van der Waals surface area contributed by atoms with Gasteiger partial charge in [-0.2, -0.15) is 0 Å². The average molecular weight is 353 g/mol. The summed E-state index contributed by atoms with van der Waals surface area (Å²) in [5.41, 5.74) is 2.14.